The molecule has 1 fully saturated rings. The maximum atomic E-state index is 12.6. The Bertz CT molecular complexity index is 1220. The lowest BCUT2D eigenvalue weighted by atomic mass is 9.83. The second-order valence-electron chi connectivity index (χ2n) is 16.5. The topological polar surface area (TPSA) is 123 Å². The maximum absolute atomic E-state index is 12.6. The minimum Gasteiger partial charge on any atom is -0.492 e. The highest BCUT2D eigenvalue weighted by Crippen LogP contribution is 2.45. The van der Waals surface area contributed by atoms with Crippen LogP contribution < -0.4 is 20.7 Å². The maximum Gasteiger partial charge on any atom is 0.338 e. The van der Waals surface area contributed by atoms with Crippen molar-refractivity contribution in [3.05, 3.63) is 22.3 Å². The van der Waals surface area contributed by atoms with E-state index in [1.165, 1.54) is 61.8 Å². The number of nitrogens with two attached hydrogens (primary N) is 1. The Morgan fingerprint density at radius 2 is 1.58 bits per heavy atom. The molecule has 2 aliphatic rings. The highest BCUT2D eigenvalue weighted by Gasteiger charge is 2.34. The molecule has 5 atom stereocenters. The van der Waals surface area contributed by atoms with E-state index < -0.39 is 11.9 Å². The van der Waals surface area contributed by atoms with Gasteiger partial charge in [0.15, 0.2) is 0 Å². The molecule has 9 nitrogen and oxygen atoms in total. The van der Waals surface area contributed by atoms with Gasteiger partial charge in [0, 0.05) is 18.2 Å². The van der Waals surface area contributed by atoms with E-state index in [0.717, 1.165) is 90.9 Å². The van der Waals surface area contributed by atoms with E-state index >= 15 is 0 Å². The van der Waals surface area contributed by atoms with E-state index in [-0.39, 0.29) is 43.9 Å². The molecule has 9 heteroatoms. The van der Waals surface area contributed by atoms with Crippen LogP contribution in [0.1, 0.15) is 147 Å². The van der Waals surface area contributed by atoms with Crippen molar-refractivity contribution in [2.24, 2.45) is 23.5 Å². The predicted octanol–water partition coefficient (Wildman–Crippen LogP) is 8.22. The number of hydrogen-bond acceptors (Lipinski definition) is 8. The number of benzene rings is 1. The molecule has 0 unspecified atom stereocenters. The zero-order chi connectivity index (χ0) is 36.8. The van der Waals surface area contributed by atoms with Crippen LogP contribution in [0, 0.1) is 38.5 Å². The van der Waals surface area contributed by atoms with E-state index in [4.69, 9.17) is 20.0 Å². The van der Waals surface area contributed by atoms with Gasteiger partial charge in [-0.25, -0.2) is 4.79 Å². The summed E-state index contributed by atoms with van der Waals surface area (Å²) in [6.07, 6.45) is 17.4. The molecule has 0 radical (unpaired) electrons. The number of nitrogens with one attached hydrogen (secondary N) is 1. The zero-order valence-electron chi connectivity index (χ0n) is 32.8. The average molecular weight is 702 g/mol. The van der Waals surface area contributed by atoms with Crippen LogP contribution in [0.2, 0.25) is 0 Å². The van der Waals surface area contributed by atoms with Crippen LogP contribution >= 0.6 is 0 Å². The van der Waals surface area contributed by atoms with Crippen molar-refractivity contribution in [1.29, 1.82) is 0 Å². The van der Waals surface area contributed by atoms with Crippen LogP contribution in [0.3, 0.4) is 0 Å². The van der Waals surface area contributed by atoms with Crippen molar-refractivity contribution < 1.29 is 29.0 Å². The fourth-order valence-corrected chi connectivity index (χ4v) is 7.82. The first-order chi connectivity index (χ1) is 23.7. The fraction of sp³-hybridized carbons (Fsp3) is 0.805. The van der Waals surface area contributed by atoms with Gasteiger partial charge in [-0.3, -0.25) is 9.69 Å². The number of aliphatic carboxylic acids is 1. The Hall–Kier alpha value is -2.36. The lowest BCUT2D eigenvalue weighted by Crippen LogP contribution is -2.48. The summed E-state index contributed by atoms with van der Waals surface area (Å²) in [4.78, 5) is 31.0. The number of nitrogens with zero attached hydrogens (tertiary/aromatic N) is 1. The van der Waals surface area contributed by atoms with Crippen molar-refractivity contribution in [3.63, 3.8) is 0 Å². The normalized spacial score (nSPS) is 21.8. The number of carboxylic acid groups (broad SMARTS) is 1. The molecule has 0 amide bonds. The van der Waals surface area contributed by atoms with E-state index in [1.54, 1.807) is 0 Å². The summed E-state index contributed by atoms with van der Waals surface area (Å²) in [6, 6.07) is -0.136. The number of carbonyl (C=O) groups is 2. The van der Waals surface area contributed by atoms with Gasteiger partial charge in [0.05, 0.1) is 19.1 Å². The van der Waals surface area contributed by atoms with Gasteiger partial charge >= 0.3 is 11.9 Å². The van der Waals surface area contributed by atoms with E-state index in [2.05, 4.69) is 60.9 Å². The van der Waals surface area contributed by atoms with Gasteiger partial charge in [-0.2, -0.15) is 0 Å². The van der Waals surface area contributed by atoms with Gasteiger partial charge in [-0.15, -0.1) is 5.48 Å². The number of fused-ring (bicyclic) bond motifs is 1. The van der Waals surface area contributed by atoms with E-state index in [9.17, 15) is 14.7 Å². The van der Waals surface area contributed by atoms with E-state index in [1.807, 2.05) is 0 Å². The molecule has 1 aromatic carbocycles. The molecule has 1 aromatic rings. The molecule has 1 heterocycles. The highest BCUT2D eigenvalue weighted by molar-refractivity contribution is 5.73. The van der Waals surface area contributed by atoms with Gasteiger partial charge < -0.3 is 25.2 Å². The van der Waals surface area contributed by atoms with Crippen molar-refractivity contribution in [2.45, 2.75) is 169 Å². The van der Waals surface area contributed by atoms with Gasteiger partial charge in [-0.05, 0) is 101 Å². The Kier molecular flexibility index (Phi) is 17.3. The molecular weight excluding hydrogens is 630 g/mol. The third-order valence-electron chi connectivity index (χ3n) is 11.3. The number of hydroxylamine groups is 1. The number of rotatable bonds is 22. The Morgan fingerprint density at radius 3 is 2.22 bits per heavy atom. The van der Waals surface area contributed by atoms with Crippen LogP contribution in [-0.4, -0.2) is 65.9 Å². The molecule has 4 N–H and O–H groups in total. The van der Waals surface area contributed by atoms with Crippen molar-refractivity contribution >= 4 is 11.9 Å². The lowest BCUT2D eigenvalue weighted by molar-refractivity contribution is -0.155. The molecule has 0 saturated heterocycles. The summed E-state index contributed by atoms with van der Waals surface area (Å²) < 4.78 is 13.1. The number of carboxylic acids is 1. The van der Waals surface area contributed by atoms with Gasteiger partial charge in [0.1, 0.15) is 23.7 Å². The fourth-order valence-electron chi connectivity index (χ4n) is 7.82. The Balaban J connectivity index is 1.48. The van der Waals surface area contributed by atoms with Crippen LogP contribution in [0.25, 0.3) is 0 Å². The first kappa shape index (κ1) is 42.1. The molecule has 0 bridgehead atoms. The molecule has 0 spiro atoms. The van der Waals surface area contributed by atoms with Crippen LogP contribution in [0.5, 0.6) is 11.5 Å². The summed E-state index contributed by atoms with van der Waals surface area (Å²) in [5.74, 6) is 2.68. The molecule has 0 aromatic heterocycles. The second-order valence-corrected chi connectivity index (χ2v) is 16.5. The van der Waals surface area contributed by atoms with Gasteiger partial charge in [-0.1, -0.05) is 85.5 Å². The van der Waals surface area contributed by atoms with Crippen LogP contribution in [-0.2, 0) is 20.8 Å². The summed E-state index contributed by atoms with van der Waals surface area (Å²) in [5, 5.41) is 9.47. The Labute approximate surface area is 303 Å². The molecule has 1 saturated carbocycles. The third kappa shape index (κ3) is 13.6. The van der Waals surface area contributed by atoms with Crippen molar-refractivity contribution in [2.75, 3.05) is 26.2 Å². The first-order valence-corrected chi connectivity index (χ1v) is 19.8. The predicted molar refractivity (Wildman–Crippen MR) is 202 cm³/mol. The molecule has 286 valence electrons. The van der Waals surface area contributed by atoms with Crippen LogP contribution in [0.4, 0.5) is 0 Å². The quantitative estimate of drug-likeness (QED) is 0.103. The Morgan fingerprint density at radius 1 is 0.940 bits per heavy atom. The number of hydrogen-bond donors (Lipinski definition) is 3. The molecule has 3 rings (SSSR count). The third-order valence-corrected chi connectivity index (χ3v) is 11.3. The molecule has 50 heavy (non-hydrogen) atoms. The lowest BCUT2D eigenvalue weighted by Gasteiger charge is -2.38. The van der Waals surface area contributed by atoms with Gasteiger partial charge in [0.2, 0.25) is 0 Å². The molecule has 1 aliphatic carbocycles. The minimum absolute atomic E-state index is 0.0579. The average Bonchev–Trinajstić information content (AvgIpc) is 3.04. The number of ether oxygens (including phenoxy) is 2. The minimum atomic E-state index is -1.01. The first-order valence-electron chi connectivity index (χ1n) is 19.8. The van der Waals surface area contributed by atoms with Crippen LogP contribution in [0.15, 0.2) is 0 Å². The largest absolute Gasteiger partial charge is 0.492 e. The van der Waals surface area contributed by atoms with Crippen molar-refractivity contribution in [3.8, 4) is 11.5 Å². The van der Waals surface area contributed by atoms with Crippen molar-refractivity contribution in [1.82, 2.24) is 10.4 Å². The summed E-state index contributed by atoms with van der Waals surface area (Å²) >= 11 is 0. The summed E-state index contributed by atoms with van der Waals surface area (Å²) in [7, 11) is 0. The van der Waals surface area contributed by atoms with E-state index in [0.29, 0.717) is 0 Å². The summed E-state index contributed by atoms with van der Waals surface area (Å²) in [6.45, 7) is 18.1. The molecular formula is C41H71N3O6. The van der Waals surface area contributed by atoms with Gasteiger partial charge in [0.25, 0.3) is 0 Å². The second kappa shape index (κ2) is 20.6. The standard InChI is InChI=1S/C41H71N3O6/c1-28(2)14-11-15-29(3)16-12-17-30(4)18-13-22-41(8)23-21-34-33(7)39(31(5)32(6)40(34)49-41)48-25-24-44(26-37(45)46)27-38(47)50-43-36-20-10-9-19-35(36)42/h28-30,35-36,43H,9-27,42H2,1-8H3,(H,45,46)/t29-,30-,35-,36-,41-/m1/s1. The zero-order valence-corrected chi connectivity index (χ0v) is 32.8. The smallest absolute Gasteiger partial charge is 0.338 e. The SMILES string of the molecule is Cc1c(C)c2c(c(C)c1OCCN(CC(=O)O)CC(=O)ON[C@@H]1CCCC[C@H]1N)CC[C@@](C)(CCC[C@H](C)CCC[C@H](C)CCCC(C)C)O2. The summed E-state index contributed by atoms with van der Waals surface area (Å²) in [5.41, 5.74) is 13.2. The highest BCUT2D eigenvalue weighted by atomic mass is 16.7. The number of carbonyl (C=O) groups excluding carboxylic acids is 1. The molecule has 1 aliphatic heterocycles. The monoisotopic (exact) mass is 702 g/mol.